The average molecular weight is 346 g/mol. The second-order valence-electron chi connectivity index (χ2n) is 5.61. The second kappa shape index (κ2) is 6.20. The summed E-state index contributed by atoms with van der Waals surface area (Å²) in [7, 11) is 0. The lowest BCUT2D eigenvalue weighted by Gasteiger charge is -2.18. The molecule has 2 aromatic carbocycles. The van der Waals surface area contributed by atoms with Crippen molar-refractivity contribution in [3.8, 4) is 5.75 Å². The molecule has 110 valence electrons. The lowest BCUT2D eigenvalue weighted by atomic mass is 10.0. The minimum Gasteiger partial charge on any atom is -0.493 e. The lowest BCUT2D eigenvalue weighted by Crippen LogP contribution is -2.19. The van der Waals surface area contributed by atoms with Gasteiger partial charge in [-0.2, -0.15) is 0 Å². The molecule has 3 rings (SSSR count). The van der Waals surface area contributed by atoms with Crippen molar-refractivity contribution >= 4 is 15.9 Å². The van der Waals surface area contributed by atoms with E-state index < -0.39 is 0 Å². The Hall–Kier alpha value is -1.32. The molecule has 0 bridgehead atoms. The first-order valence-electron chi connectivity index (χ1n) is 7.38. The van der Waals surface area contributed by atoms with E-state index in [4.69, 9.17) is 4.74 Å². The van der Waals surface area contributed by atoms with Crippen LogP contribution in [0.2, 0.25) is 0 Å². The monoisotopic (exact) mass is 345 g/mol. The molecule has 1 heterocycles. The smallest absolute Gasteiger partial charge is 0.127 e. The van der Waals surface area contributed by atoms with Gasteiger partial charge in [-0.1, -0.05) is 40.2 Å². The van der Waals surface area contributed by atoms with Crippen molar-refractivity contribution in [2.45, 2.75) is 32.9 Å². The average Bonchev–Trinajstić information content (AvgIpc) is 2.93. The van der Waals surface area contributed by atoms with Gasteiger partial charge in [-0.3, -0.25) is 0 Å². The Morgan fingerprint density at radius 2 is 2.10 bits per heavy atom. The maximum atomic E-state index is 5.79. The van der Waals surface area contributed by atoms with Gasteiger partial charge in [-0.15, -0.1) is 0 Å². The Bertz CT molecular complexity index is 654. The van der Waals surface area contributed by atoms with Gasteiger partial charge in [0.15, 0.2) is 0 Å². The minimum atomic E-state index is 0.322. The summed E-state index contributed by atoms with van der Waals surface area (Å²) in [6.07, 6.45) is 1.01. The number of hydrogen-bond acceptors (Lipinski definition) is 2. The van der Waals surface area contributed by atoms with E-state index in [9.17, 15) is 0 Å². The molecule has 0 amide bonds. The zero-order valence-corrected chi connectivity index (χ0v) is 14.0. The van der Waals surface area contributed by atoms with Crippen LogP contribution in [-0.4, -0.2) is 6.61 Å². The summed E-state index contributed by atoms with van der Waals surface area (Å²) in [5, 5.41) is 3.61. The maximum Gasteiger partial charge on any atom is 0.127 e. The summed E-state index contributed by atoms with van der Waals surface area (Å²) in [4.78, 5) is 0. The van der Waals surface area contributed by atoms with Crippen molar-refractivity contribution in [3.63, 3.8) is 0 Å². The normalized spacial score (nSPS) is 14.6. The summed E-state index contributed by atoms with van der Waals surface area (Å²) in [6.45, 7) is 5.98. The number of ether oxygens (including phenoxy) is 1. The number of halogens is 1. The first kappa shape index (κ1) is 14.6. The van der Waals surface area contributed by atoms with Gasteiger partial charge in [-0.05, 0) is 42.7 Å². The predicted molar refractivity (Wildman–Crippen MR) is 89.8 cm³/mol. The van der Waals surface area contributed by atoms with Gasteiger partial charge >= 0.3 is 0 Å². The quantitative estimate of drug-likeness (QED) is 0.877. The highest BCUT2D eigenvalue weighted by molar-refractivity contribution is 9.10. The van der Waals surface area contributed by atoms with Gasteiger partial charge in [0.05, 0.1) is 6.61 Å². The number of benzene rings is 2. The zero-order valence-electron chi connectivity index (χ0n) is 12.4. The number of nitrogens with one attached hydrogen (secondary N) is 1. The molecule has 0 saturated heterocycles. The molecule has 0 saturated carbocycles. The number of fused-ring (bicyclic) bond motifs is 1. The molecule has 3 heteroatoms. The third-order valence-corrected chi connectivity index (χ3v) is 4.54. The van der Waals surface area contributed by atoms with E-state index >= 15 is 0 Å². The third kappa shape index (κ3) is 3.14. The van der Waals surface area contributed by atoms with Crippen molar-refractivity contribution < 1.29 is 4.74 Å². The summed E-state index contributed by atoms with van der Waals surface area (Å²) >= 11 is 3.60. The standard InChI is InChI=1S/C18H20BrNO/c1-12-5-3-4-6-17(12)13(2)20-11-15-10-16(19)9-14-7-8-21-18(14)15/h3-6,9-10,13,20H,7-8,11H2,1-2H3/t13-/m1/s1. The Labute approximate surface area is 134 Å². The molecule has 0 aromatic heterocycles. The molecule has 1 aliphatic heterocycles. The van der Waals surface area contributed by atoms with E-state index in [0.717, 1.165) is 29.8 Å². The van der Waals surface area contributed by atoms with Crippen molar-refractivity contribution in [2.75, 3.05) is 6.61 Å². The van der Waals surface area contributed by atoms with E-state index in [1.165, 1.54) is 22.3 Å². The highest BCUT2D eigenvalue weighted by atomic mass is 79.9. The van der Waals surface area contributed by atoms with Crippen LogP contribution in [0, 0.1) is 6.92 Å². The largest absolute Gasteiger partial charge is 0.493 e. The summed E-state index contributed by atoms with van der Waals surface area (Å²) in [6, 6.07) is 13.2. The number of hydrogen-bond donors (Lipinski definition) is 1. The molecular weight excluding hydrogens is 326 g/mol. The topological polar surface area (TPSA) is 21.3 Å². The maximum absolute atomic E-state index is 5.79. The highest BCUT2D eigenvalue weighted by Crippen LogP contribution is 2.33. The SMILES string of the molecule is Cc1ccccc1[C@@H](C)NCc1cc(Br)cc2c1OCC2. The molecule has 0 unspecified atom stereocenters. The Morgan fingerprint density at radius 1 is 1.29 bits per heavy atom. The predicted octanol–water partition coefficient (Wildman–Crippen LogP) is 4.54. The van der Waals surface area contributed by atoms with Crippen LogP contribution in [-0.2, 0) is 13.0 Å². The van der Waals surface area contributed by atoms with E-state index in [0.29, 0.717) is 6.04 Å². The van der Waals surface area contributed by atoms with Crippen LogP contribution in [0.5, 0.6) is 5.75 Å². The van der Waals surface area contributed by atoms with Crippen LogP contribution in [0.4, 0.5) is 0 Å². The molecule has 1 aliphatic rings. The van der Waals surface area contributed by atoms with Crippen LogP contribution in [0.25, 0.3) is 0 Å². The van der Waals surface area contributed by atoms with Gasteiger partial charge in [0.2, 0.25) is 0 Å². The van der Waals surface area contributed by atoms with Crippen molar-refractivity contribution in [3.05, 3.63) is 63.1 Å². The highest BCUT2D eigenvalue weighted by Gasteiger charge is 2.18. The summed E-state index contributed by atoms with van der Waals surface area (Å²) in [5.41, 5.74) is 5.22. The molecule has 2 nitrogen and oxygen atoms in total. The fraction of sp³-hybridized carbons (Fsp3) is 0.333. The van der Waals surface area contributed by atoms with Crippen molar-refractivity contribution in [1.29, 1.82) is 0 Å². The minimum absolute atomic E-state index is 0.322. The number of aryl methyl sites for hydroxylation is 1. The molecule has 0 spiro atoms. The van der Waals surface area contributed by atoms with E-state index in [-0.39, 0.29) is 0 Å². The first-order chi connectivity index (χ1) is 10.1. The number of rotatable bonds is 4. The van der Waals surface area contributed by atoms with Gasteiger partial charge in [0.1, 0.15) is 5.75 Å². The van der Waals surface area contributed by atoms with Gasteiger partial charge in [0, 0.05) is 29.0 Å². The molecule has 1 atom stereocenters. The van der Waals surface area contributed by atoms with Crippen LogP contribution >= 0.6 is 15.9 Å². The molecule has 21 heavy (non-hydrogen) atoms. The fourth-order valence-electron chi connectivity index (χ4n) is 2.92. The Balaban J connectivity index is 1.75. The molecule has 0 radical (unpaired) electrons. The van der Waals surface area contributed by atoms with Crippen LogP contribution in [0.3, 0.4) is 0 Å². The zero-order chi connectivity index (χ0) is 14.8. The molecule has 0 aliphatic carbocycles. The van der Waals surface area contributed by atoms with Crippen molar-refractivity contribution in [1.82, 2.24) is 5.32 Å². The molecule has 0 fully saturated rings. The van der Waals surface area contributed by atoms with Crippen LogP contribution in [0.15, 0.2) is 40.9 Å². The van der Waals surface area contributed by atoms with Gasteiger partial charge in [-0.25, -0.2) is 0 Å². The fourth-order valence-corrected chi connectivity index (χ4v) is 3.48. The molecule has 1 N–H and O–H groups in total. The lowest BCUT2D eigenvalue weighted by molar-refractivity contribution is 0.351. The Morgan fingerprint density at radius 3 is 2.90 bits per heavy atom. The van der Waals surface area contributed by atoms with E-state index in [2.05, 4.69) is 71.5 Å². The van der Waals surface area contributed by atoms with Gasteiger partial charge < -0.3 is 10.1 Å². The summed E-state index contributed by atoms with van der Waals surface area (Å²) in [5.74, 6) is 1.07. The van der Waals surface area contributed by atoms with E-state index in [1.807, 2.05) is 0 Å². The summed E-state index contributed by atoms with van der Waals surface area (Å²) < 4.78 is 6.92. The van der Waals surface area contributed by atoms with Gasteiger partial charge in [0.25, 0.3) is 0 Å². The van der Waals surface area contributed by atoms with E-state index in [1.54, 1.807) is 0 Å². The molecule has 2 aromatic rings. The third-order valence-electron chi connectivity index (χ3n) is 4.08. The second-order valence-corrected chi connectivity index (χ2v) is 6.53. The van der Waals surface area contributed by atoms with Crippen LogP contribution < -0.4 is 10.1 Å². The molecular formula is C18H20BrNO. The van der Waals surface area contributed by atoms with Crippen LogP contribution in [0.1, 0.15) is 35.2 Å². The van der Waals surface area contributed by atoms with Crippen molar-refractivity contribution in [2.24, 2.45) is 0 Å². The Kier molecular flexibility index (Phi) is 4.32. The first-order valence-corrected chi connectivity index (χ1v) is 8.17.